The van der Waals surface area contributed by atoms with Crippen LogP contribution in [0.4, 0.5) is 0 Å². The van der Waals surface area contributed by atoms with Crippen molar-refractivity contribution in [1.29, 1.82) is 0 Å². The summed E-state index contributed by atoms with van der Waals surface area (Å²) in [5.74, 6) is 1.07. The van der Waals surface area contributed by atoms with E-state index in [1.807, 2.05) is 44.2 Å². The maximum atomic E-state index is 9.17. The highest BCUT2D eigenvalue weighted by atomic mass is 16.5. The fourth-order valence-corrected chi connectivity index (χ4v) is 1.98. The van der Waals surface area contributed by atoms with Gasteiger partial charge in [-0.3, -0.25) is 0 Å². The molecule has 0 bridgehead atoms. The molecule has 0 spiro atoms. The molecule has 0 radical (unpaired) electrons. The fourth-order valence-electron chi connectivity index (χ4n) is 1.98. The summed E-state index contributed by atoms with van der Waals surface area (Å²) < 4.78 is 5.83. The number of rotatable bonds is 5. The molecule has 0 amide bonds. The molecule has 0 aliphatic heterocycles. The number of aliphatic hydroxyl groups is 1. The van der Waals surface area contributed by atoms with Gasteiger partial charge in [0.2, 0.25) is 0 Å². The van der Waals surface area contributed by atoms with Crippen LogP contribution in [0.3, 0.4) is 0 Å². The van der Waals surface area contributed by atoms with Gasteiger partial charge in [0, 0.05) is 12.5 Å². The summed E-state index contributed by atoms with van der Waals surface area (Å²) in [5, 5.41) is 9.17. The van der Waals surface area contributed by atoms with Crippen molar-refractivity contribution >= 4 is 0 Å². The van der Waals surface area contributed by atoms with Crippen LogP contribution < -0.4 is 4.74 Å². The minimum Gasteiger partial charge on any atom is -0.489 e. The number of hydrogen-bond acceptors (Lipinski definition) is 2. The van der Waals surface area contributed by atoms with Crippen LogP contribution in [-0.2, 0) is 6.61 Å². The first-order valence-electron chi connectivity index (χ1n) is 6.59. The van der Waals surface area contributed by atoms with Crippen LogP contribution in [0.1, 0.15) is 29.5 Å². The maximum absolute atomic E-state index is 9.17. The van der Waals surface area contributed by atoms with E-state index in [0.717, 1.165) is 22.4 Å². The number of aryl methyl sites for hydroxylation is 1. The molecular formula is C17H20O2. The van der Waals surface area contributed by atoms with Crippen LogP contribution in [0.15, 0.2) is 48.5 Å². The van der Waals surface area contributed by atoms with Crippen molar-refractivity contribution in [2.75, 3.05) is 6.61 Å². The van der Waals surface area contributed by atoms with E-state index in [-0.39, 0.29) is 12.5 Å². The van der Waals surface area contributed by atoms with Crippen LogP contribution in [-0.4, -0.2) is 11.7 Å². The largest absolute Gasteiger partial charge is 0.489 e. The molecule has 0 fully saturated rings. The molecular weight excluding hydrogens is 236 g/mol. The third kappa shape index (κ3) is 3.58. The average Bonchev–Trinajstić information content (AvgIpc) is 2.46. The summed E-state index contributed by atoms with van der Waals surface area (Å²) in [6.07, 6.45) is 0. The summed E-state index contributed by atoms with van der Waals surface area (Å²) in [6.45, 7) is 4.80. The molecule has 2 nitrogen and oxygen atoms in total. The first kappa shape index (κ1) is 13.6. The SMILES string of the molecule is Cc1cc(C(C)CO)ccc1OCc1ccccc1. The van der Waals surface area contributed by atoms with Crippen LogP contribution in [0, 0.1) is 6.92 Å². The average molecular weight is 256 g/mol. The van der Waals surface area contributed by atoms with E-state index >= 15 is 0 Å². The monoisotopic (exact) mass is 256 g/mol. The fraction of sp³-hybridized carbons (Fsp3) is 0.294. The Morgan fingerprint density at radius 2 is 1.84 bits per heavy atom. The van der Waals surface area contributed by atoms with Crippen molar-refractivity contribution in [3.63, 3.8) is 0 Å². The summed E-state index contributed by atoms with van der Waals surface area (Å²) in [5.41, 5.74) is 3.41. The van der Waals surface area contributed by atoms with Gasteiger partial charge in [-0.1, -0.05) is 49.4 Å². The zero-order valence-corrected chi connectivity index (χ0v) is 11.5. The predicted octanol–water partition coefficient (Wildman–Crippen LogP) is 3.67. The molecule has 100 valence electrons. The summed E-state index contributed by atoms with van der Waals surface area (Å²) >= 11 is 0. The van der Waals surface area contributed by atoms with Gasteiger partial charge >= 0.3 is 0 Å². The van der Waals surface area contributed by atoms with Gasteiger partial charge < -0.3 is 9.84 Å². The summed E-state index contributed by atoms with van der Waals surface area (Å²) in [7, 11) is 0. The molecule has 1 unspecified atom stereocenters. The zero-order chi connectivity index (χ0) is 13.7. The second-order valence-electron chi connectivity index (χ2n) is 4.88. The zero-order valence-electron chi connectivity index (χ0n) is 11.5. The molecule has 0 saturated carbocycles. The molecule has 0 aliphatic rings. The van der Waals surface area contributed by atoms with Crippen molar-refractivity contribution in [2.24, 2.45) is 0 Å². The van der Waals surface area contributed by atoms with Crippen molar-refractivity contribution in [3.8, 4) is 5.75 Å². The maximum Gasteiger partial charge on any atom is 0.122 e. The van der Waals surface area contributed by atoms with Gasteiger partial charge in [0.15, 0.2) is 0 Å². The smallest absolute Gasteiger partial charge is 0.122 e. The van der Waals surface area contributed by atoms with E-state index in [0.29, 0.717) is 6.61 Å². The highest BCUT2D eigenvalue weighted by Gasteiger charge is 2.07. The van der Waals surface area contributed by atoms with Crippen LogP contribution >= 0.6 is 0 Å². The second-order valence-corrected chi connectivity index (χ2v) is 4.88. The van der Waals surface area contributed by atoms with Crippen molar-refractivity contribution in [1.82, 2.24) is 0 Å². The van der Waals surface area contributed by atoms with E-state index in [1.165, 1.54) is 0 Å². The topological polar surface area (TPSA) is 29.5 Å². The van der Waals surface area contributed by atoms with E-state index < -0.39 is 0 Å². The second kappa shape index (κ2) is 6.39. The standard InChI is InChI=1S/C17H20O2/c1-13-10-16(14(2)11-18)8-9-17(13)19-12-15-6-4-3-5-7-15/h3-10,14,18H,11-12H2,1-2H3. The molecule has 19 heavy (non-hydrogen) atoms. The molecule has 1 N–H and O–H groups in total. The Morgan fingerprint density at radius 1 is 1.11 bits per heavy atom. The van der Waals surface area contributed by atoms with Crippen molar-refractivity contribution in [3.05, 3.63) is 65.2 Å². The van der Waals surface area contributed by atoms with Crippen LogP contribution in [0.25, 0.3) is 0 Å². The van der Waals surface area contributed by atoms with E-state index in [1.54, 1.807) is 0 Å². The van der Waals surface area contributed by atoms with E-state index in [2.05, 4.69) is 18.2 Å². The van der Waals surface area contributed by atoms with Gasteiger partial charge in [-0.05, 0) is 29.7 Å². The third-order valence-electron chi connectivity index (χ3n) is 3.28. The third-order valence-corrected chi connectivity index (χ3v) is 3.28. The van der Waals surface area contributed by atoms with Crippen LogP contribution in [0.5, 0.6) is 5.75 Å². The van der Waals surface area contributed by atoms with Gasteiger partial charge in [0.1, 0.15) is 12.4 Å². The molecule has 0 saturated heterocycles. The molecule has 0 heterocycles. The molecule has 2 aromatic rings. The minimum atomic E-state index is 0.168. The Morgan fingerprint density at radius 3 is 2.47 bits per heavy atom. The Kier molecular flexibility index (Phi) is 4.58. The number of ether oxygens (including phenoxy) is 1. The predicted molar refractivity (Wildman–Crippen MR) is 77.5 cm³/mol. The Balaban J connectivity index is 2.05. The number of hydrogen-bond donors (Lipinski definition) is 1. The first-order chi connectivity index (χ1) is 9.20. The Bertz CT molecular complexity index is 520. The lowest BCUT2D eigenvalue weighted by Gasteiger charge is -2.13. The quantitative estimate of drug-likeness (QED) is 0.884. The lowest BCUT2D eigenvalue weighted by Crippen LogP contribution is -2.01. The van der Waals surface area contributed by atoms with Crippen LogP contribution in [0.2, 0.25) is 0 Å². The normalized spacial score (nSPS) is 12.2. The van der Waals surface area contributed by atoms with Gasteiger partial charge in [-0.15, -0.1) is 0 Å². The van der Waals surface area contributed by atoms with Gasteiger partial charge in [-0.25, -0.2) is 0 Å². The molecule has 2 aromatic carbocycles. The lowest BCUT2D eigenvalue weighted by atomic mass is 10.00. The van der Waals surface area contributed by atoms with E-state index in [9.17, 15) is 0 Å². The Hall–Kier alpha value is -1.80. The van der Waals surface area contributed by atoms with Gasteiger partial charge in [-0.2, -0.15) is 0 Å². The minimum absolute atomic E-state index is 0.168. The number of aliphatic hydroxyl groups excluding tert-OH is 1. The molecule has 0 aromatic heterocycles. The van der Waals surface area contributed by atoms with E-state index in [4.69, 9.17) is 9.84 Å². The first-order valence-corrected chi connectivity index (χ1v) is 6.59. The van der Waals surface area contributed by atoms with Crippen molar-refractivity contribution < 1.29 is 9.84 Å². The highest BCUT2D eigenvalue weighted by Crippen LogP contribution is 2.24. The molecule has 2 heteroatoms. The summed E-state index contributed by atoms with van der Waals surface area (Å²) in [4.78, 5) is 0. The molecule has 2 rings (SSSR count). The highest BCUT2D eigenvalue weighted by molar-refractivity contribution is 5.37. The lowest BCUT2D eigenvalue weighted by molar-refractivity contribution is 0.272. The van der Waals surface area contributed by atoms with Gasteiger partial charge in [0.25, 0.3) is 0 Å². The molecule has 0 aliphatic carbocycles. The Labute approximate surface area is 114 Å². The van der Waals surface area contributed by atoms with Gasteiger partial charge in [0.05, 0.1) is 0 Å². The summed E-state index contributed by atoms with van der Waals surface area (Å²) in [6, 6.07) is 16.2. The molecule has 1 atom stereocenters. The number of benzene rings is 2. The van der Waals surface area contributed by atoms with Crippen molar-refractivity contribution in [2.45, 2.75) is 26.4 Å².